The number of aromatic nitrogens is 4. The fourth-order valence-corrected chi connectivity index (χ4v) is 7.99. The van der Waals surface area contributed by atoms with Crippen molar-refractivity contribution in [1.29, 1.82) is 0 Å². The molecule has 0 atom stereocenters. The fourth-order valence-electron chi connectivity index (χ4n) is 6.48. The maximum absolute atomic E-state index is 15.8. The number of amides is 1. The van der Waals surface area contributed by atoms with Crippen LogP contribution < -0.4 is 4.90 Å². The van der Waals surface area contributed by atoms with Gasteiger partial charge in [-0.1, -0.05) is 46.2 Å². The van der Waals surface area contributed by atoms with E-state index in [2.05, 4.69) is 46.2 Å². The average molecular weight is 672 g/mol. The van der Waals surface area contributed by atoms with E-state index in [9.17, 15) is 4.79 Å². The summed E-state index contributed by atoms with van der Waals surface area (Å²) in [6, 6.07) is 5.20. The first-order valence-corrected chi connectivity index (χ1v) is 24.1. The van der Waals surface area contributed by atoms with Gasteiger partial charge >= 0.3 is 6.09 Å². The Balaban J connectivity index is 1.56. The molecule has 1 aromatic carbocycles. The molecule has 2 heterocycles. The van der Waals surface area contributed by atoms with E-state index in [1.807, 2.05) is 9.25 Å². The normalized spacial score (nSPS) is 19.7. The predicted octanol–water partition coefficient (Wildman–Crippen LogP) is 8.47. The maximum Gasteiger partial charge on any atom is 0.414 e. The van der Waals surface area contributed by atoms with Gasteiger partial charge in [0.2, 0.25) is 0 Å². The van der Waals surface area contributed by atoms with E-state index in [4.69, 9.17) is 24.3 Å². The molecule has 2 bridgehead atoms. The Morgan fingerprint density at radius 2 is 1.65 bits per heavy atom. The molecular weight excluding hydrogens is 618 g/mol. The summed E-state index contributed by atoms with van der Waals surface area (Å²) in [6.45, 7) is 23.7. The van der Waals surface area contributed by atoms with Gasteiger partial charge in [0.1, 0.15) is 30.6 Å². The summed E-state index contributed by atoms with van der Waals surface area (Å²) in [5.41, 5.74) is 4.15. The van der Waals surface area contributed by atoms with Crippen molar-refractivity contribution in [3.05, 3.63) is 29.2 Å². The summed E-state index contributed by atoms with van der Waals surface area (Å²) in [6.07, 6.45) is 2.58. The highest BCUT2D eigenvalue weighted by atomic mass is 28.3. The first-order valence-electron chi connectivity index (χ1n) is 16.7. The largest absolute Gasteiger partial charge is 0.443 e. The minimum atomic E-state index is -1.31. The van der Waals surface area contributed by atoms with Gasteiger partial charge in [0, 0.05) is 53.7 Å². The molecule has 2 aromatic heterocycles. The van der Waals surface area contributed by atoms with Crippen molar-refractivity contribution >= 4 is 39.0 Å². The third-order valence-corrected chi connectivity index (χ3v) is 12.5. The minimum absolute atomic E-state index is 0.107. The molecule has 3 aliphatic carbocycles. The van der Waals surface area contributed by atoms with Gasteiger partial charge in [-0.2, -0.15) is 5.10 Å². The highest BCUT2D eigenvalue weighted by molar-refractivity contribution is 6.76. The zero-order chi connectivity index (χ0) is 33.8. The highest BCUT2D eigenvalue weighted by Gasteiger charge is 2.50. The molecule has 0 unspecified atom stereocenters. The van der Waals surface area contributed by atoms with Crippen LogP contribution in [0.5, 0.6) is 0 Å². The number of benzene rings is 1. The summed E-state index contributed by atoms with van der Waals surface area (Å²) in [4.78, 5) is 19.1. The molecule has 254 valence electrons. The van der Waals surface area contributed by atoms with Crippen LogP contribution in [0.15, 0.2) is 12.1 Å². The zero-order valence-corrected chi connectivity index (χ0v) is 31.8. The Labute approximate surface area is 275 Å². The van der Waals surface area contributed by atoms with Crippen LogP contribution in [-0.2, 0) is 34.1 Å². The molecule has 1 amide bonds. The van der Waals surface area contributed by atoms with E-state index in [0.717, 1.165) is 43.7 Å². The maximum atomic E-state index is 15.8. The van der Waals surface area contributed by atoms with Crippen molar-refractivity contribution in [3.63, 3.8) is 0 Å². The number of rotatable bonds is 12. The molecule has 3 aromatic rings. The second kappa shape index (κ2) is 12.5. The number of carbonyl (C=O) groups is 1. The van der Waals surface area contributed by atoms with Gasteiger partial charge in [-0.05, 0) is 69.5 Å². The molecule has 0 saturated heterocycles. The van der Waals surface area contributed by atoms with E-state index in [1.54, 1.807) is 26.8 Å². The van der Waals surface area contributed by atoms with Crippen molar-refractivity contribution in [2.75, 3.05) is 25.2 Å². The van der Waals surface area contributed by atoms with Crippen LogP contribution in [0, 0.1) is 11.2 Å². The molecule has 0 N–H and O–H groups in total. The number of nitrogens with zero attached hydrogens (tertiary/aromatic N) is 5. The summed E-state index contributed by atoms with van der Waals surface area (Å²) >= 11 is 0. The fraction of sp³-hybridized carbons (Fsp3) is 0.676. The third kappa shape index (κ3) is 7.77. The van der Waals surface area contributed by atoms with Gasteiger partial charge < -0.3 is 14.2 Å². The molecule has 9 nitrogen and oxygen atoms in total. The van der Waals surface area contributed by atoms with Crippen LogP contribution in [-0.4, -0.2) is 67.4 Å². The lowest BCUT2D eigenvalue weighted by molar-refractivity contribution is 0.0588. The highest BCUT2D eigenvalue weighted by Crippen LogP contribution is 2.59. The minimum Gasteiger partial charge on any atom is -0.443 e. The summed E-state index contributed by atoms with van der Waals surface area (Å²) < 4.78 is 37.7. The smallest absolute Gasteiger partial charge is 0.414 e. The van der Waals surface area contributed by atoms with Gasteiger partial charge in [-0.15, -0.1) is 0 Å². The number of imidazole rings is 1. The Kier molecular flexibility index (Phi) is 9.44. The van der Waals surface area contributed by atoms with E-state index in [-0.39, 0.29) is 17.8 Å². The van der Waals surface area contributed by atoms with Gasteiger partial charge in [0.05, 0.1) is 16.7 Å². The summed E-state index contributed by atoms with van der Waals surface area (Å²) in [5.74, 6) is 0.534. The van der Waals surface area contributed by atoms with E-state index < -0.39 is 33.7 Å². The number of carbonyl (C=O) groups excluding carboxylic acids is 1. The molecule has 1 saturated carbocycles. The first-order chi connectivity index (χ1) is 21.2. The lowest BCUT2D eigenvalue weighted by atomic mass is 9.54. The monoisotopic (exact) mass is 671 g/mol. The molecule has 3 aliphatic rings. The standard InChI is InChI=1S/C34H54FN5O4Si2/c1-33(2,3)44-32(41)38(5)26-17-25-27(16-24(26)35)39(21-42-12-14-45(6,7)8)31(36-25)30-29-23-18-34(4,19-23)20-28(29)40(37-30)22-43-13-15-46(9,10)11/h16-17,23H,12-15,18-22H2,1-11H3. The second-order valence-corrected chi connectivity index (χ2v) is 28.4. The lowest BCUT2D eigenvalue weighted by Crippen LogP contribution is -2.41. The van der Waals surface area contributed by atoms with Crippen molar-refractivity contribution in [2.45, 2.75) is 123 Å². The topological polar surface area (TPSA) is 83.6 Å². The van der Waals surface area contributed by atoms with Gasteiger partial charge in [0.15, 0.2) is 5.82 Å². The molecule has 46 heavy (non-hydrogen) atoms. The molecule has 1 fully saturated rings. The van der Waals surface area contributed by atoms with Gasteiger partial charge in [-0.3, -0.25) is 9.47 Å². The molecular formula is C34H54FN5O4Si2. The third-order valence-electron chi connectivity index (χ3n) is 9.06. The van der Waals surface area contributed by atoms with Crippen molar-refractivity contribution in [3.8, 4) is 11.5 Å². The zero-order valence-electron chi connectivity index (χ0n) is 29.8. The number of hydrogen-bond donors (Lipinski definition) is 0. The van der Waals surface area contributed by atoms with Crippen molar-refractivity contribution in [1.82, 2.24) is 19.3 Å². The van der Waals surface area contributed by atoms with Crippen molar-refractivity contribution < 1.29 is 23.4 Å². The van der Waals surface area contributed by atoms with E-state index >= 15 is 4.39 Å². The van der Waals surface area contributed by atoms with Crippen LogP contribution in [0.3, 0.4) is 0 Å². The Bertz CT molecular complexity index is 1590. The lowest BCUT2D eigenvalue weighted by Gasteiger charge is -2.50. The predicted molar refractivity (Wildman–Crippen MR) is 188 cm³/mol. The number of fused-ring (bicyclic) bond motifs is 1. The number of ether oxygens (including phenoxy) is 3. The van der Waals surface area contributed by atoms with Gasteiger partial charge in [-0.25, -0.2) is 18.9 Å². The first kappa shape index (κ1) is 34.8. The molecule has 6 rings (SSSR count). The quantitative estimate of drug-likeness (QED) is 0.142. The second-order valence-electron chi connectivity index (χ2n) is 17.2. The van der Waals surface area contributed by atoms with E-state index in [1.165, 1.54) is 29.3 Å². The Morgan fingerprint density at radius 3 is 2.24 bits per heavy atom. The molecule has 12 heteroatoms. The van der Waals surface area contributed by atoms with Crippen LogP contribution in [0.2, 0.25) is 51.4 Å². The number of anilines is 1. The van der Waals surface area contributed by atoms with Gasteiger partial charge in [0.25, 0.3) is 0 Å². The van der Waals surface area contributed by atoms with Crippen LogP contribution in [0.4, 0.5) is 14.9 Å². The Hall–Kier alpha value is -2.55. The van der Waals surface area contributed by atoms with Crippen LogP contribution in [0.1, 0.15) is 57.7 Å². The summed E-state index contributed by atoms with van der Waals surface area (Å²) in [5, 5.41) is 5.17. The SMILES string of the molecule is CN(C(=O)OC(C)(C)C)c1cc2nc(-c3nn(COCC[Si](C)(C)C)c4c3C3CC(C)(C4)C3)n(COCC[Si](C)(C)C)c2cc1F. The summed E-state index contributed by atoms with van der Waals surface area (Å²) in [7, 11) is -1.01. The van der Waals surface area contributed by atoms with E-state index in [0.29, 0.717) is 36.1 Å². The Morgan fingerprint density at radius 1 is 1.04 bits per heavy atom. The molecule has 0 aliphatic heterocycles. The van der Waals surface area contributed by atoms with Crippen LogP contribution in [0.25, 0.3) is 22.6 Å². The number of hydrogen-bond acceptors (Lipinski definition) is 6. The average Bonchev–Trinajstić information content (AvgIpc) is 3.43. The van der Waals surface area contributed by atoms with Crippen LogP contribution >= 0.6 is 0 Å². The molecule has 0 spiro atoms. The number of halogens is 1. The molecule has 0 radical (unpaired) electrons. The van der Waals surface area contributed by atoms with Crippen molar-refractivity contribution in [2.24, 2.45) is 5.41 Å².